The Labute approximate surface area is 130 Å². The zero-order chi connectivity index (χ0) is 15.9. The average Bonchev–Trinajstić information content (AvgIpc) is 2.59. The van der Waals surface area contributed by atoms with Crippen molar-refractivity contribution in [3.05, 3.63) is 47.5 Å². The molecule has 0 radical (unpaired) electrons. The molecule has 2 aromatic rings. The maximum Gasteiger partial charge on any atom is 0.161 e. The predicted molar refractivity (Wildman–Crippen MR) is 88.0 cm³/mol. The van der Waals surface area contributed by atoms with Crippen molar-refractivity contribution in [1.82, 2.24) is 0 Å². The summed E-state index contributed by atoms with van der Waals surface area (Å²) >= 11 is 0. The van der Waals surface area contributed by atoms with Crippen LogP contribution in [0.2, 0.25) is 0 Å². The number of methoxy groups -OCH3 is 4. The van der Waals surface area contributed by atoms with Gasteiger partial charge in [-0.2, -0.15) is 0 Å². The fraction of sp³-hybridized carbons (Fsp3) is 0.222. The Hall–Kier alpha value is -2.62. The molecule has 0 saturated heterocycles. The second-order valence-corrected chi connectivity index (χ2v) is 4.56. The van der Waals surface area contributed by atoms with Gasteiger partial charge in [-0.3, -0.25) is 0 Å². The normalized spacial score (nSPS) is 10.5. The number of hydrogen-bond acceptors (Lipinski definition) is 4. The van der Waals surface area contributed by atoms with E-state index in [-0.39, 0.29) is 0 Å². The third kappa shape index (κ3) is 3.52. The zero-order valence-corrected chi connectivity index (χ0v) is 13.3. The quantitative estimate of drug-likeness (QED) is 0.758. The molecule has 0 bridgehead atoms. The lowest BCUT2D eigenvalue weighted by Crippen LogP contribution is -1.91. The number of benzene rings is 2. The van der Waals surface area contributed by atoms with E-state index in [0.717, 1.165) is 11.1 Å². The minimum absolute atomic E-state index is 0.706. The fourth-order valence-corrected chi connectivity index (χ4v) is 2.11. The van der Waals surface area contributed by atoms with Gasteiger partial charge in [0, 0.05) is 0 Å². The Morgan fingerprint density at radius 1 is 0.545 bits per heavy atom. The molecule has 0 atom stereocenters. The van der Waals surface area contributed by atoms with Crippen molar-refractivity contribution in [3.63, 3.8) is 0 Å². The van der Waals surface area contributed by atoms with Gasteiger partial charge < -0.3 is 18.9 Å². The van der Waals surface area contributed by atoms with Gasteiger partial charge >= 0.3 is 0 Å². The lowest BCUT2D eigenvalue weighted by Gasteiger charge is -2.08. The summed E-state index contributed by atoms with van der Waals surface area (Å²) in [5.41, 5.74) is 2.04. The summed E-state index contributed by atoms with van der Waals surface area (Å²) in [7, 11) is 6.49. The van der Waals surface area contributed by atoms with Crippen molar-refractivity contribution in [1.29, 1.82) is 0 Å². The zero-order valence-electron chi connectivity index (χ0n) is 13.3. The third-order valence-corrected chi connectivity index (χ3v) is 3.28. The predicted octanol–water partition coefficient (Wildman–Crippen LogP) is 3.89. The first kappa shape index (κ1) is 15.8. The van der Waals surface area contributed by atoms with Crippen molar-refractivity contribution >= 4 is 12.2 Å². The molecule has 0 amide bonds. The van der Waals surface area contributed by atoms with E-state index in [1.54, 1.807) is 28.4 Å². The molecule has 22 heavy (non-hydrogen) atoms. The lowest BCUT2D eigenvalue weighted by molar-refractivity contribution is 0.355. The van der Waals surface area contributed by atoms with Gasteiger partial charge in [0.2, 0.25) is 0 Å². The SMILES string of the molecule is COc1ccc(C=Cc2ccc(OC)c(OC)c2)cc1OC. The first-order chi connectivity index (χ1) is 10.7. The molecular formula is C18H20O4. The van der Waals surface area contributed by atoms with Crippen LogP contribution in [0.3, 0.4) is 0 Å². The summed E-state index contributed by atoms with van der Waals surface area (Å²) in [5, 5.41) is 0. The number of ether oxygens (including phenoxy) is 4. The van der Waals surface area contributed by atoms with E-state index in [9.17, 15) is 0 Å². The van der Waals surface area contributed by atoms with Crippen molar-refractivity contribution in [2.45, 2.75) is 0 Å². The molecule has 0 aliphatic carbocycles. The highest BCUT2D eigenvalue weighted by atomic mass is 16.5. The van der Waals surface area contributed by atoms with Crippen LogP contribution in [-0.2, 0) is 0 Å². The Kier molecular flexibility index (Phi) is 5.31. The van der Waals surface area contributed by atoms with Gasteiger partial charge in [0.25, 0.3) is 0 Å². The minimum Gasteiger partial charge on any atom is -0.493 e. The molecule has 4 nitrogen and oxygen atoms in total. The molecule has 0 fully saturated rings. The van der Waals surface area contributed by atoms with Crippen LogP contribution in [-0.4, -0.2) is 28.4 Å². The molecule has 0 heterocycles. The maximum absolute atomic E-state index is 5.30. The molecule has 2 aromatic carbocycles. The molecular weight excluding hydrogens is 280 g/mol. The van der Waals surface area contributed by atoms with Crippen LogP contribution >= 0.6 is 0 Å². The minimum atomic E-state index is 0.706. The smallest absolute Gasteiger partial charge is 0.161 e. The Morgan fingerprint density at radius 3 is 1.23 bits per heavy atom. The summed E-state index contributed by atoms with van der Waals surface area (Å²) in [6.45, 7) is 0. The molecule has 4 heteroatoms. The van der Waals surface area contributed by atoms with E-state index >= 15 is 0 Å². The molecule has 0 N–H and O–H groups in total. The molecule has 2 rings (SSSR count). The highest BCUT2D eigenvalue weighted by Crippen LogP contribution is 2.30. The van der Waals surface area contributed by atoms with Crippen LogP contribution in [0.1, 0.15) is 11.1 Å². The van der Waals surface area contributed by atoms with E-state index in [4.69, 9.17) is 18.9 Å². The molecule has 0 unspecified atom stereocenters. The van der Waals surface area contributed by atoms with Gasteiger partial charge in [-0.1, -0.05) is 24.3 Å². The fourth-order valence-electron chi connectivity index (χ4n) is 2.11. The Bertz CT molecular complexity index is 605. The van der Waals surface area contributed by atoms with Crippen LogP contribution in [0.15, 0.2) is 36.4 Å². The molecule has 0 aromatic heterocycles. The van der Waals surface area contributed by atoms with E-state index in [0.29, 0.717) is 23.0 Å². The van der Waals surface area contributed by atoms with Crippen molar-refractivity contribution in [2.24, 2.45) is 0 Å². The molecule has 116 valence electrons. The van der Waals surface area contributed by atoms with Crippen LogP contribution in [0.25, 0.3) is 12.2 Å². The van der Waals surface area contributed by atoms with Gasteiger partial charge in [0.15, 0.2) is 23.0 Å². The van der Waals surface area contributed by atoms with Gasteiger partial charge in [0.05, 0.1) is 28.4 Å². The van der Waals surface area contributed by atoms with Crippen LogP contribution < -0.4 is 18.9 Å². The lowest BCUT2D eigenvalue weighted by atomic mass is 10.1. The summed E-state index contributed by atoms with van der Waals surface area (Å²) < 4.78 is 21.1. The third-order valence-electron chi connectivity index (χ3n) is 3.28. The van der Waals surface area contributed by atoms with Gasteiger partial charge in [-0.15, -0.1) is 0 Å². The van der Waals surface area contributed by atoms with E-state index < -0.39 is 0 Å². The summed E-state index contributed by atoms with van der Waals surface area (Å²) in [6, 6.07) is 11.6. The first-order valence-electron chi connectivity index (χ1n) is 6.84. The van der Waals surface area contributed by atoms with Gasteiger partial charge in [-0.05, 0) is 35.4 Å². The highest BCUT2D eigenvalue weighted by molar-refractivity contribution is 5.72. The summed E-state index contributed by atoms with van der Waals surface area (Å²) in [5.74, 6) is 2.84. The van der Waals surface area contributed by atoms with Gasteiger partial charge in [-0.25, -0.2) is 0 Å². The van der Waals surface area contributed by atoms with E-state index in [2.05, 4.69) is 0 Å². The maximum atomic E-state index is 5.30. The standard InChI is InChI=1S/C18H20O4/c1-19-15-9-7-13(11-17(15)21-3)5-6-14-8-10-16(20-2)18(12-14)22-4/h5-12H,1-4H3. The molecule has 0 aliphatic rings. The molecule has 0 aliphatic heterocycles. The van der Waals surface area contributed by atoms with Crippen LogP contribution in [0, 0.1) is 0 Å². The van der Waals surface area contributed by atoms with E-state index in [1.165, 1.54) is 0 Å². The molecule has 0 spiro atoms. The van der Waals surface area contributed by atoms with Crippen molar-refractivity contribution in [3.8, 4) is 23.0 Å². The van der Waals surface area contributed by atoms with Crippen LogP contribution in [0.4, 0.5) is 0 Å². The number of rotatable bonds is 6. The average molecular weight is 300 g/mol. The second kappa shape index (κ2) is 7.41. The van der Waals surface area contributed by atoms with Crippen molar-refractivity contribution < 1.29 is 18.9 Å². The summed E-state index contributed by atoms with van der Waals surface area (Å²) in [4.78, 5) is 0. The van der Waals surface area contributed by atoms with Crippen LogP contribution in [0.5, 0.6) is 23.0 Å². The van der Waals surface area contributed by atoms with Crippen molar-refractivity contribution in [2.75, 3.05) is 28.4 Å². The Balaban J connectivity index is 2.25. The van der Waals surface area contributed by atoms with E-state index in [1.807, 2.05) is 48.6 Å². The number of hydrogen-bond donors (Lipinski definition) is 0. The Morgan fingerprint density at radius 2 is 0.909 bits per heavy atom. The highest BCUT2D eigenvalue weighted by Gasteiger charge is 2.04. The first-order valence-corrected chi connectivity index (χ1v) is 6.84. The monoisotopic (exact) mass is 300 g/mol. The largest absolute Gasteiger partial charge is 0.493 e. The molecule has 0 saturated carbocycles. The second-order valence-electron chi connectivity index (χ2n) is 4.56. The summed E-state index contributed by atoms with van der Waals surface area (Å²) in [6.07, 6.45) is 4.01. The topological polar surface area (TPSA) is 36.9 Å². The van der Waals surface area contributed by atoms with Gasteiger partial charge in [0.1, 0.15) is 0 Å².